The summed E-state index contributed by atoms with van der Waals surface area (Å²) in [5, 5.41) is 8.84. The van der Waals surface area contributed by atoms with Gasteiger partial charge in [0.05, 0.1) is 18.3 Å². The number of hydrogen-bond acceptors (Lipinski definition) is 5. The Morgan fingerprint density at radius 2 is 1.90 bits per heavy atom. The summed E-state index contributed by atoms with van der Waals surface area (Å²) in [7, 11) is 1.14. The fourth-order valence-corrected chi connectivity index (χ4v) is 1.96. The summed E-state index contributed by atoms with van der Waals surface area (Å²) in [5.74, 6) is 2.41. The van der Waals surface area contributed by atoms with Crippen molar-refractivity contribution in [3.63, 3.8) is 0 Å². The number of rotatable bonds is 3. The molecule has 0 saturated carbocycles. The highest BCUT2D eigenvalue weighted by Gasteiger charge is 2.50. The Balaban J connectivity index is 2.18. The number of aromatic nitrogens is 1. The molecule has 0 amide bonds. The number of methoxy groups -OCH3 is 1. The Hall–Kier alpha value is -1.84. The molecule has 0 aromatic carbocycles. The average molecular weight is 286 g/mol. The highest BCUT2D eigenvalue weighted by Crippen LogP contribution is 2.37. The van der Waals surface area contributed by atoms with Gasteiger partial charge in [0.1, 0.15) is 17.5 Å². The van der Waals surface area contributed by atoms with Crippen LogP contribution in [0.5, 0.6) is 5.75 Å². The van der Waals surface area contributed by atoms with E-state index in [1.54, 1.807) is 19.4 Å². The van der Waals surface area contributed by atoms with E-state index in [1.165, 1.54) is 0 Å². The van der Waals surface area contributed by atoms with Crippen LogP contribution in [0.25, 0.3) is 6.08 Å². The summed E-state index contributed by atoms with van der Waals surface area (Å²) in [6.45, 7) is 8.02. The average Bonchev–Trinajstić information content (AvgIpc) is 2.64. The molecule has 5 nitrogen and oxygen atoms in total. The van der Waals surface area contributed by atoms with Gasteiger partial charge in [0, 0.05) is 17.8 Å². The minimum atomic E-state index is -0.421. The molecule has 1 fully saturated rings. The molecule has 0 atom stereocenters. The predicted octanol–water partition coefficient (Wildman–Crippen LogP) is 2.61. The van der Waals surface area contributed by atoms with Gasteiger partial charge in [-0.2, -0.15) is 5.26 Å². The summed E-state index contributed by atoms with van der Waals surface area (Å²) in [6.07, 6.45) is 3.42. The van der Waals surface area contributed by atoms with E-state index in [9.17, 15) is 0 Å². The lowest BCUT2D eigenvalue weighted by atomic mass is 9.89. The molecule has 6 heteroatoms. The lowest BCUT2D eigenvalue weighted by molar-refractivity contribution is 0.00578. The first kappa shape index (κ1) is 15.6. The van der Waals surface area contributed by atoms with E-state index in [0.29, 0.717) is 11.4 Å². The van der Waals surface area contributed by atoms with Gasteiger partial charge < -0.3 is 14.0 Å². The smallest absolute Gasteiger partial charge is 0.487 e. The second-order valence-corrected chi connectivity index (χ2v) is 5.91. The molecule has 0 N–H and O–H groups in total. The molecule has 0 aliphatic carbocycles. The zero-order chi connectivity index (χ0) is 15.7. The minimum absolute atomic E-state index is 0.319. The van der Waals surface area contributed by atoms with Crippen molar-refractivity contribution in [2.75, 3.05) is 7.11 Å². The Morgan fingerprint density at radius 1 is 1.29 bits per heavy atom. The van der Waals surface area contributed by atoms with E-state index in [-0.39, 0.29) is 11.2 Å². The molecule has 1 aromatic rings. The Bertz CT molecular complexity index is 589. The summed E-state index contributed by atoms with van der Waals surface area (Å²) in [6, 6.07) is 3.58. The fourth-order valence-electron chi connectivity index (χ4n) is 1.96. The molecule has 1 saturated heterocycles. The summed E-state index contributed by atoms with van der Waals surface area (Å²) < 4.78 is 17.0. The van der Waals surface area contributed by atoms with E-state index < -0.39 is 7.12 Å². The predicted molar refractivity (Wildman–Crippen MR) is 80.6 cm³/mol. The lowest BCUT2D eigenvalue weighted by Gasteiger charge is -2.32. The van der Waals surface area contributed by atoms with Crippen molar-refractivity contribution in [2.45, 2.75) is 38.9 Å². The zero-order valence-electron chi connectivity index (χ0n) is 13.0. The van der Waals surface area contributed by atoms with Crippen LogP contribution < -0.4 is 4.74 Å². The van der Waals surface area contributed by atoms with Gasteiger partial charge >= 0.3 is 7.12 Å². The second-order valence-electron chi connectivity index (χ2n) is 5.91. The summed E-state index contributed by atoms with van der Waals surface area (Å²) >= 11 is 0. The third-order valence-corrected chi connectivity index (χ3v) is 3.93. The molecule has 0 spiro atoms. The molecule has 110 valence electrons. The Kier molecular flexibility index (Phi) is 4.08. The van der Waals surface area contributed by atoms with Gasteiger partial charge in [-0.15, -0.1) is 0 Å². The van der Waals surface area contributed by atoms with Crippen molar-refractivity contribution in [3.8, 4) is 11.8 Å². The van der Waals surface area contributed by atoms with Crippen molar-refractivity contribution in [1.29, 1.82) is 5.26 Å². The van der Waals surface area contributed by atoms with Gasteiger partial charge in [0.25, 0.3) is 0 Å². The van der Waals surface area contributed by atoms with E-state index in [2.05, 4.69) is 4.98 Å². The Labute approximate surface area is 125 Å². The number of nitrogens with zero attached hydrogens (tertiary/aromatic N) is 2. The molecule has 2 heterocycles. The fraction of sp³-hybridized carbons (Fsp3) is 0.467. The maximum Gasteiger partial charge on any atom is 0.487 e. The first-order valence-electron chi connectivity index (χ1n) is 6.77. The minimum Gasteiger partial charge on any atom is -0.496 e. The monoisotopic (exact) mass is 286 g/mol. The van der Waals surface area contributed by atoms with Crippen molar-refractivity contribution in [2.24, 2.45) is 0 Å². The van der Waals surface area contributed by atoms with Crippen molar-refractivity contribution in [1.82, 2.24) is 4.98 Å². The van der Waals surface area contributed by atoms with Crippen LogP contribution in [0.3, 0.4) is 0 Å². The van der Waals surface area contributed by atoms with E-state index in [4.69, 9.17) is 19.3 Å². The summed E-state index contributed by atoms with van der Waals surface area (Å²) in [5.41, 5.74) is 0.357. The molecule has 1 aliphatic rings. The number of pyridine rings is 1. The topological polar surface area (TPSA) is 64.4 Å². The molecule has 1 aromatic heterocycles. The standard InChI is InChI=1S/C15H19BN2O3/c1-14(2)15(3,4)21-16(20-14)7-6-11-10-18-12(9-17)8-13(11)19-5/h6-8,10H,1-5H3/b7-6+. The molecule has 0 unspecified atom stereocenters. The van der Waals surface area contributed by atoms with E-state index in [1.807, 2.05) is 45.8 Å². The third-order valence-electron chi connectivity index (χ3n) is 3.93. The van der Waals surface area contributed by atoms with Crippen LogP contribution in [-0.4, -0.2) is 30.4 Å². The molecular weight excluding hydrogens is 267 g/mol. The maximum atomic E-state index is 8.84. The number of nitriles is 1. The third kappa shape index (κ3) is 3.09. The maximum absolute atomic E-state index is 8.84. The second kappa shape index (κ2) is 5.51. The van der Waals surface area contributed by atoms with Crippen LogP contribution in [0.4, 0.5) is 0 Å². The number of hydrogen-bond donors (Lipinski definition) is 0. The SMILES string of the molecule is COc1cc(C#N)ncc1/C=C/B1OC(C)(C)C(C)(C)O1. The van der Waals surface area contributed by atoms with Gasteiger partial charge in [0.2, 0.25) is 0 Å². The lowest BCUT2D eigenvalue weighted by Crippen LogP contribution is -2.41. The van der Waals surface area contributed by atoms with Crippen LogP contribution in [0.15, 0.2) is 18.2 Å². The van der Waals surface area contributed by atoms with Crippen LogP contribution in [0.1, 0.15) is 39.0 Å². The van der Waals surface area contributed by atoms with E-state index in [0.717, 1.165) is 5.56 Å². The quantitative estimate of drug-likeness (QED) is 0.799. The first-order valence-corrected chi connectivity index (χ1v) is 6.77. The van der Waals surface area contributed by atoms with Crippen LogP contribution in [-0.2, 0) is 9.31 Å². The van der Waals surface area contributed by atoms with Gasteiger partial charge in [-0.05, 0) is 27.7 Å². The van der Waals surface area contributed by atoms with Gasteiger partial charge in [-0.3, -0.25) is 0 Å². The summed E-state index contributed by atoms with van der Waals surface area (Å²) in [4.78, 5) is 4.03. The molecule has 2 rings (SSSR count). The van der Waals surface area contributed by atoms with Gasteiger partial charge in [-0.25, -0.2) is 4.98 Å². The Morgan fingerprint density at radius 3 is 2.43 bits per heavy atom. The highest BCUT2D eigenvalue weighted by molar-refractivity contribution is 6.52. The highest BCUT2D eigenvalue weighted by atomic mass is 16.7. The normalized spacial score (nSPS) is 19.7. The van der Waals surface area contributed by atoms with Crippen molar-refractivity contribution in [3.05, 3.63) is 29.5 Å². The molecular formula is C15H19BN2O3. The zero-order valence-corrected chi connectivity index (χ0v) is 13.0. The molecule has 0 bridgehead atoms. The molecule has 0 radical (unpaired) electrons. The molecule has 1 aliphatic heterocycles. The van der Waals surface area contributed by atoms with Crippen molar-refractivity contribution < 1.29 is 14.0 Å². The molecule has 21 heavy (non-hydrogen) atoms. The van der Waals surface area contributed by atoms with Crippen molar-refractivity contribution >= 4 is 13.2 Å². The van der Waals surface area contributed by atoms with E-state index >= 15 is 0 Å². The largest absolute Gasteiger partial charge is 0.496 e. The first-order chi connectivity index (χ1) is 9.79. The number of ether oxygens (including phenoxy) is 1. The van der Waals surface area contributed by atoms with Gasteiger partial charge in [0.15, 0.2) is 0 Å². The van der Waals surface area contributed by atoms with Crippen LogP contribution >= 0.6 is 0 Å². The van der Waals surface area contributed by atoms with Crippen LogP contribution in [0, 0.1) is 11.3 Å². The van der Waals surface area contributed by atoms with Crippen LogP contribution in [0.2, 0.25) is 0 Å². The van der Waals surface area contributed by atoms with Gasteiger partial charge in [-0.1, -0.05) is 12.1 Å².